The minimum absolute atomic E-state index is 0.437. The van der Waals surface area contributed by atoms with Crippen molar-refractivity contribution < 1.29 is 4.74 Å². The highest BCUT2D eigenvalue weighted by molar-refractivity contribution is 9.10. The highest BCUT2D eigenvalue weighted by Crippen LogP contribution is 2.29. The van der Waals surface area contributed by atoms with E-state index >= 15 is 0 Å². The molecule has 0 atom stereocenters. The summed E-state index contributed by atoms with van der Waals surface area (Å²) in [5.41, 5.74) is 2.01. The summed E-state index contributed by atoms with van der Waals surface area (Å²) in [4.78, 5) is 4.25. The summed E-state index contributed by atoms with van der Waals surface area (Å²) >= 11 is 3.49. The van der Waals surface area contributed by atoms with E-state index in [0.29, 0.717) is 6.04 Å². The number of pyridine rings is 1. The number of ether oxygens (including phenoxy) is 1. The molecule has 1 heterocycles. The summed E-state index contributed by atoms with van der Waals surface area (Å²) in [5.74, 6) is 1.64. The quantitative estimate of drug-likeness (QED) is 0.877. The number of halogens is 1. The molecule has 0 aliphatic rings. The second-order valence-electron chi connectivity index (χ2n) is 4.98. The van der Waals surface area contributed by atoms with Crippen LogP contribution in [0.4, 0.5) is 0 Å². The molecule has 0 saturated carbocycles. The van der Waals surface area contributed by atoms with E-state index in [9.17, 15) is 0 Å². The lowest BCUT2D eigenvalue weighted by Gasteiger charge is -2.14. The van der Waals surface area contributed by atoms with E-state index in [1.165, 1.54) is 0 Å². The average molecular weight is 335 g/mol. The Balaban J connectivity index is 2.25. The van der Waals surface area contributed by atoms with Gasteiger partial charge < -0.3 is 10.1 Å². The van der Waals surface area contributed by atoms with Gasteiger partial charge in [0, 0.05) is 28.8 Å². The zero-order chi connectivity index (χ0) is 14.5. The van der Waals surface area contributed by atoms with Crippen LogP contribution in [-0.2, 0) is 6.54 Å². The number of aryl methyl sites for hydroxylation is 1. The van der Waals surface area contributed by atoms with E-state index in [-0.39, 0.29) is 0 Å². The van der Waals surface area contributed by atoms with Crippen LogP contribution in [0.25, 0.3) is 0 Å². The molecule has 1 N–H and O–H groups in total. The highest BCUT2D eigenvalue weighted by atomic mass is 79.9. The minimum Gasteiger partial charge on any atom is -0.455 e. The lowest BCUT2D eigenvalue weighted by Crippen LogP contribution is -2.22. The molecule has 0 radical (unpaired) electrons. The molecule has 3 nitrogen and oxygen atoms in total. The van der Waals surface area contributed by atoms with Crippen LogP contribution in [0.5, 0.6) is 11.5 Å². The van der Waals surface area contributed by atoms with Crippen molar-refractivity contribution in [2.45, 2.75) is 33.4 Å². The predicted molar refractivity (Wildman–Crippen MR) is 85.2 cm³/mol. The van der Waals surface area contributed by atoms with E-state index in [1.54, 1.807) is 6.20 Å². The van der Waals surface area contributed by atoms with Crippen LogP contribution in [0.2, 0.25) is 0 Å². The Bertz CT molecular complexity index is 584. The molecule has 20 heavy (non-hydrogen) atoms. The van der Waals surface area contributed by atoms with Gasteiger partial charge in [0.1, 0.15) is 11.5 Å². The van der Waals surface area contributed by atoms with E-state index in [4.69, 9.17) is 4.74 Å². The van der Waals surface area contributed by atoms with Crippen LogP contribution in [0.15, 0.2) is 41.0 Å². The minimum atomic E-state index is 0.437. The Morgan fingerprint density at radius 1 is 1.25 bits per heavy atom. The van der Waals surface area contributed by atoms with Crippen LogP contribution in [0.3, 0.4) is 0 Å². The zero-order valence-electron chi connectivity index (χ0n) is 12.0. The molecule has 0 unspecified atom stereocenters. The first-order valence-electron chi connectivity index (χ1n) is 6.67. The average Bonchev–Trinajstić information content (AvgIpc) is 2.40. The van der Waals surface area contributed by atoms with Crippen molar-refractivity contribution in [2.75, 3.05) is 0 Å². The Morgan fingerprint density at radius 3 is 2.75 bits per heavy atom. The molecule has 0 aliphatic carbocycles. The molecule has 2 rings (SSSR count). The van der Waals surface area contributed by atoms with Crippen LogP contribution >= 0.6 is 15.9 Å². The standard InChI is InChI=1S/C16H19BrN2O/c1-11(2)19-10-13-6-7-14(17)9-16(13)20-15-5-4-8-18-12(15)3/h4-9,11,19H,10H2,1-3H3. The second kappa shape index (κ2) is 6.86. The molecular weight excluding hydrogens is 316 g/mol. The summed E-state index contributed by atoms with van der Waals surface area (Å²) in [6.45, 7) is 6.98. The first-order valence-corrected chi connectivity index (χ1v) is 7.47. The fourth-order valence-corrected chi connectivity index (χ4v) is 2.12. The van der Waals surface area contributed by atoms with Gasteiger partial charge in [0.25, 0.3) is 0 Å². The third-order valence-electron chi connectivity index (χ3n) is 2.91. The second-order valence-corrected chi connectivity index (χ2v) is 5.89. The van der Waals surface area contributed by atoms with Crippen molar-refractivity contribution in [3.63, 3.8) is 0 Å². The number of nitrogens with zero attached hydrogens (tertiary/aromatic N) is 1. The van der Waals surface area contributed by atoms with E-state index in [1.807, 2.05) is 31.2 Å². The smallest absolute Gasteiger partial charge is 0.148 e. The van der Waals surface area contributed by atoms with Crippen molar-refractivity contribution in [1.29, 1.82) is 0 Å². The van der Waals surface area contributed by atoms with Crippen molar-refractivity contribution in [3.8, 4) is 11.5 Å². The molecule has 1 aromatic heterocycles. The number of benzene rings is 1. The Labute approximate surface area is 128 Å². The lowest BCUT2D eigenvalue weighted by molar-refractivity contribution is 0.463. The van der Waals surface area contributed by atoms with Gasteiger partial charge in [-0.05, 0) is 31.2 Å². The predicted octanol–water partition coefficient (Wildman–Crippen LogP) is 4.44. The molecule has 106 valence electrons. The van der Waals surface area contributed by atoms with Gasteiger partial charge >= 0.3 is 0 Å². The molecule has 1 aromatic carbocycles. The Morgan fingerprint density at radius 2 is 2.05 bits per heavy atom. The normalized spacial score (nSPS) is 10.8. The highest BCUT2D eigenvalue weighted by Gasteiger charge is 2.08. The maximum Gasteiger partial charge on any atom is 0.148 e. The van der Waals surface area contributed by atoms with Gasteiger partial charge in [0.05, 0.1) is 5.69 Å². The van der Waals surface area contributed by atoms with E-state index in [2.05, 4.69) is 46.1 Å². The molecule has 0 spiro atoms. The van der Waals surface area contributed by atoms with Crippen molar-refractivity contribution in [2.24, 2.45) is 0 Å². The van der Waals surface area contributed by atoms with Gasteiger partial charge in [-0.15, -0.1) is 0 Å². The van der Waals surface area contributed by atoms with Crippen molar-refractivity contribution in [1.82, 2.24) is 10.3 Å². The summed E-state index contributed by atoms with van der Waals surface area (Å²) in [6.07, 6.45) is 1.77. The number of hydrogen-bond acceptors (Lipinski definition) is 3. The lowest BCUT2D eigenvalue weighted by atomic mass is 10.2. The van der Waals surface area contributed by atoms with Gasteiger partial charge in [-0.2, -0.15) is 0 Å². The van der Waals surface area contributed by atoms with Crippen LogP contribution < -0.4 is 10.1 Å². The van der Waals surface area contributed by atoms with Gasteiger partial charge in [-0.1, -0.05) is 35.8 Å². The third kappa shape index (κ3) is 4.05. The van der Waals surface area contributed by atoms with Gasteiger partial charge in [0.2, 0.25) is 0 Å². The van der Waals surface area contributed by atoms with Crippen molar-refractivity contribution >= 4 is 15.9 Å². The van der Waals surface area contributed by atoms with Crippen molar-refractivity contribution in [3.05, 3.63) is 52.3 Å². The SMILES string of the molecule is Cc1ncccc1Oc1cc(Br)ccc1CNC(C)C. The van der Waals surface area contributed by atoms with E-state index < -0.39 is 0 Å². The molecular formula is C16H19BrN2O. The topological polar surface area (TPSA) is 34.1 Å². The first-order chi connectivity index (χ1) is 9.56. The van der Waals surface area contributed by atoms with Gasteiger partial charge in [0.15, 0.2) is 0 Å². The first kappa shape index (κ1) is 15.0. The Kier molecular flexibility index (Phi) is 5.15. The zero-order valence-corrected chi connectivity index (χ0v) is 13.6. The van der Waals surface area contributed by atoms with Gasteiger partial charge in [-0.25, -0.2) is 0 Å². The molecule has 0 aliphatic heterocycles. The molecule has 0 amide bonds. The monoisotopic (exact) mass is 334 g/mol. The molecule has 2 aromatic rings. The van der Waals surface area contributed by atoms with Crippen LogP contribution in [0, 0.1) is 6.92 Å². The fraction of sp³-hybridized carbons (Fsp3) is 0.312. The van der Waals surface area contributed by atoms with Gasteiger partial charge in [-0.3, -0.25) is 4.98 Å². The number of hydrogen-bond donors (Lipinski definition) is 1. The largest absolute Gasteiger partial charge is 0.455 e. The number of nitrogens with one attached hydrogen (secondary N) is 1. The molecule has 0 bridgehead atoms. The molecule has 4 heteroatoms. The summed E-state index contributed by atoms with van der Waals surface area (Å²) in [7, 11) is 0. The molecule has 0 saturated heterocycles. The maximum atomic E-state index is 6.02. The number of aromatic nitrogens is 1. The maximum absolute atomic E-state index is 6.02. The fourth-order valence-electron chi connectivity index (χ4n) is 1.78. The number of rotatable bonds is 5. The summed E-state index contributed by atoms with van der Waals surface area (Å²) < 4.78 is 7.02. The molecule has 0 fully saturated rings. The summed E-state index contributed by atoms with van der Waals surface area (Å²) in [6, 6.07) is 10.3. The van der Waals surface area contributed by atoms with Crippen LogP contribution in [-0.4, -0.2) is 11.0 Å². The van der Waals surface area contributed by atoms with Crippen LogP contribution in [0.1, 0.15) is 25.1 Å². The van der Waals surface area contributed by atoms with E-state index in [0.717, 1.165) is 33.8 Å². The Hall–Kier alpha value is -1.39. The third-order valence-corrected chi connectivity index (χ3v) is 3.40. The summed E-state index contributed by atoms with van der Waals surface area (Å²) in [5, 5.41) is 3.41.